The second-order valence-electron chi connectivity index (χ2n) is 4.68. The Bertz CT molecular complexity index is 596. The Morgan fingerprint density at radius 3 is 1.56 bits per heavy atom. The van der Waals surface area contributed by atoms with E-state index in [0.717, 1.165) is 49.4 Å². The zero-order valence-corrected chi connectivity index (χ0v) is 16.9. The second kappa shape index (κ2) is 12.0. The van der Waals surface area contributed by atoms with Crippen molar-refractivity contribution in [1.29, 1.82) is 0 Å². The van der Waals surface area contributed by atoms with Gasteiger partial charge in [-0.2, -0.15) is 26.3 Å². The van der Waals surface area contributed by atoms with Gasteiger partial charge in [-0.25, -0.2) is 0 Å². The lowest BCUT2D eigenvalue weighted by Crippen LogP contribution is -2.55. The molecule has 0 N–H and O–H groups in total. The fourth-order valence-electron chi connectivity index (χ4n) is 2.29. The van der Waals surface area contributed by atoms with Crippen LogP contribution in [0.3, 0.4) is 0 Å². The molecule has 0 bridgehead atoms. The third-order valence-corrected chi connectivity index (χ3v) is 3.41. The van der Waals surface area contributed by atoms with Crippen molar-refractivity contribution in [2.75, 3.05) is 0 Å². The molecular weight excluding hydrogens is 386 g/mol. The highest BCUT2D eigenvalue weighted by atomic mass is 32.1. The van der Waals surface area contributed by atoms with Gasteiger partial charge in [0, 0.05) is 0 Å². The zero-order valence-electron chi connectivity index (χ0n) is 16.0. The average Bonchev–Trinajstić information content (AvgIpc) is 2.60. The van der Waals surface area contributed by atoms with Crippen LogP contribution in [0, 0.1) is 0 Å². The zero-order chi connectivity index (χ0) is 21.9. The summed E-state index contributed by atoms with van der Waals surface area (Å²) >= 11 is 3.77. The minimum Gasteiger partial charge on any atom is -0.169 e. The fourth-order valence-corrected chi connectivity index (χ4v) is 2.37. The van der Waals surface area contributed by atoms with E-state index in [4.69, 9.17) is 0 Å². The van der Waals surface area contributed by atoms with Gasteiger partial charge in [-0.3, -0.25) is 0 Å². The van der Waals surface area contributed by atoms with Gasteiger partial charge in [0.15, 0.2) is 0 Å². The van der Waals surface area contributed by atoms with Crippen molar-refractivity contribution >= 4 is 12.6 Å². The van der Waals surface area contributed by atoms with E-state index in [1.165, 1.54) is 6.07 Å². The molecule has 0 aliphatic heterocycles. The van der Waals surface area contributed by atoms with Crippen LogP contribution in [0.25, 0.3) is 0 Å². The summed E-state index contributed by atoms with van der Waals surface area (Å²) < 4.78 is 82.1. The number of hydrogen-bond donors (Lipinski definition) is 1. The third-order valence-electron chi connectivity index (χ3n) is 3.26. The number of allylic oxidation sites excluding steroid dienone is 4. The fraction of sp³-hybridized carbons (Fsp3) is 0.400. The van der Waals surface area contributed by atoms with Gasteiger partial charge in [-0.05, 0) is 29.0 Å². The highest BCUT2D eigenvalue weighted by Gasteiger charge is 2.72. The maximum absolute atomic E-state index is 13.7. The Morgan fingerprint density at radius 1 is 0.852 bits per heavy atom. The van der Waals surface area contributed by atoms with E-state index < -0.39 is 28.9 Å². The Morgan fingerprint density at radius 2 is 1.26 bits per heavy atom. The van der Waals surface area contributed by atoms with Crippen LogP contribution in [-0.4, -0.2) is 12.4 Å². The summed E-state index contributed by atoms with van der Waals surface area (Å²) in [4.78, 5) is 0.0376. The number of thiol groups is 1. The quantitative estimate of drug-likeness (QED) is 0.289. The summed E-state index contributed by atoms with van der Waals surface area (Å²) in [5, 5.41) is 0. The van der Waals surface area contributed by atoms with E-state index in [9.17, 15) is 26.3 Å². The first-order chi connectivity index (χ1) is 12.5. The average molecular weight is 412 g/mol. The Labute approximate surface area is 163 Å². The van der Waals surface area contributed by atoms with Crippen molar-refractivity contribution in [2.45, 2.75) is 52.4 Å². The first-order valence-electron chi connectivity index (χ1n) is 8.40. The van der Waals surface area contributed by atoms with E-state index >= 15 is 0 Å². The number of rotatable bonds is 4. The number of benzene rings is 1. The van der Waals surface area contributed by atoms with E-state index in [1.807, 2.05) is 27.7 Å². The standard InChI is InChI=1S/C16H14F6S.2C2H6/c1-3-12(10-9-11(2)23)14(15(17,18)19,16(20,21)22)13-7-5-4-6-8-13;2*1-2/h3-10,23H,2H2,1H3;2*1-2H3/b10-9-,12-3+;;. The smallest absolute Gasteiger partial charge is 0.169 e. The lowest BCUT2D eigenvalue weighted by Gasteiger charge is -2.39. The Hall–Kier alpha value is -1.63. The maximum Gasteiger partial charge on any atom is 0.411 e. The molecule has 0 radical (unpaired) electrons. The van der Waals surface area contributed by atoms with Crippen LogP contribution in [0.4, 0.5) is 26.3 Å². The molecule has 1 aromatic rings. The Balaban J connectivity index is 0. The number of halogens is 6. The van der Waals surface area contributed by atoms with Crippen LogP contribution in [0.5, 0.6) is 0 Å². The topological polar surface area (TPSA) is 0 Å². The van der Waals surface area contributed by atoms with E-state index in [-0.39, 0.29) is 4.91 Å². The predicted octanol–water partition coefficient (Wildman–Crippen LogP) is 8.05. The van der Waals surface area contributed by atoms with Crippen LogP contribution >= 0.6 is 12.6 Å². The maximum atomic E-state index is 13.7. The SMILES string of the molecule is C=C(S)/C=C\C(=C/C)C(c1ccccc1)(C(F)(F)F)C(F)(F)F.CC.CC. The molecule has 154 valence electrons. The lowest BCUT2D eigenvalue weighted by atomic mass is 9.72. The highest BCUT2D eigenvalue weighted by molar-refractivity contribution is 7.84. The summed E-state index contributed by atoms with van der Waals surface area (Å²) in [6.45, 7) is 12.4. The van der Waals surface area contributed by atoms with Gasteiger partial charge >= 0.3 is 12.4 Å². The molecule has 0 aliphatic rings. The molecule has 0 spiro atoms. The molecule has 0 nitrogen and oxygen atoms in total. The summed E-state index contributed by atoms with van der Waals surface area (Å²) in [7, 11) is 0. The van der Waals surface area contributed by atoms with Crippen LogP contribution < -0.4 is 0 Å². The molecule has 0 heterocycles. The lowest BCUT2D eigenvalue weighted by molar-refractivity contribution is -0.289. The van der Waals surface area contributed by atoms with Gasteiger partial charge in [0.2, 0.25) is 5.41 Å². The minimum atomic E-state index is -5.59. The van der Waals surface area contributed by atoms with Crippen molar-refractivity contribution in [3.8, 4) is 0 Å². The molecule has 0 saturated carbocycles. The largest absolute Gasteiger partial charge is 0.411 e. The molecule has 0 aliphatic carbocycles. The molecule has 0 aromatic heterocycles. The summed E-state index contributed by atoms with van der Waals surface area (Å²) in [6, 6.07) is 5.25. The Kier molecular flexibility index (Phi) is 12.2. The molecule has 0 fully saturated rings. The molecule has 0 amide bonds. The van der Waals surface area contributed by atoms with Crippen molar-refractivity contribution in [3.05, 3.63) is 71.2 Å². The van der Waals surface area contributed by atoms with Crippen LogP contribution in [-0.2, 0) is 5.41 Å². The molecule has 1 aromatic carbocycles. The molecule has 27 heavy (non-hydrogen) atoms. The van der Waals surface area contributed by atoms with Gasteiger partial charge in [0.05, 0.1) is 0 Å². The third kappa shape index (κ3) is 6.48. The molecule has 7 heteroatoms. The van der Waals surface area contributed by atoms with Crippen LogP contribution in [0.15, 0.2) is 65.6 Å². The van der Waals surface area contributed by atoms with E-state index in [2.05, 4.69) is 19.2 Å². The van der Waals surface area contributed by atoms with Crippen LogP contribution in [0.1, 0.15) is 40.2 Å². The summed E-state index contributed by atoms with van der Waals surface area (Å²) in [5.74, 6) is 0. The van der Waals surface area contributed by atoms with E-state index in [1.54, 1.807) is 0 Å². The molecule has 0 atom stereocenters. The molecule has 1 rings (SSSR count). The number of alkyl halides is 6. The van der Waals surface area contributed by atoms with Gasteiger partial charge in [-0.1, -0.05) is 76.8 Å². The van der Waals surface area contributed by atoms with Crippen molar-refractivity contribution in [3.63, 3.8) is 0 Å². The first kappa shape index (κ1) is 27.6. The van der Waals surface area contributed by atoms with Crippen molar-refractivity contribution in [2.24, 2.45) is 0 Å². The van der Waals surface area contributed by atoms with E-state index in [0.29, 0.717) is 0 Å². The van der Waals surface area contributed by atoms with Gasteiger partial charge in [0.25, 0.3) is 0 Å². The monoisotopic (exact) mass is 412 g/mol. The van der Waals surface area contributed by atoms with Crippen LogP contribution in [0.2, 0.25) is 0 Å². The van der Waals surface area contributed by atoms with Gasteiger partial charge in [0.1, 0.15) is 0 Å². The highest BCUT2D eigenvalue weighted by Crippen LogP contribution is 2.56. The van der Waals surface area contributed by atoms with Crippen molar-refractivity contribution < 1.29 is 26.3 Å². The molecule has 0 saturated heterocycles. The minimum absolute atomic E-state index is 0.0376. The van der Waals surface area contributed by atoms with Gasteiger partial charge in [-0.15, -0.1) is 12.6 Å². The normalized spacial score (nSPS) is 12.7. The number of hydrogen-bond acceptors (Lipinski definition) is 1. The summed E-state index contributed by atoms with van der Waals surface area (Å²) in [6.07, 6.45) is -8.65. The second-order valence-corrected chi connectivity index (χ2v) is 5.25. The molecule has 0 unspecified atom stereocenters. The predicted molar refractivity (Wildman–Crippen MR) is 104 cm³/mol. The first-order valence-corrected chi connectivity index (χ1v) is 8.85. The summed E-state index contributed by atoms with van der Waals surface area (Å²) in [5.41, 5.74) is -5.98. The van der Waals surface area contributed by atoms with Crippen molar-refractivity contribution in [1.82, 2.24) is 0 Å². The van der Waals surface area contributed by atoms with Gasteiger partial charge < -0.3 is 0 Å². The molecular formula is C20H26F6S.